The number of hydrogen-bond acceptors (Lipinski definition) is 2. The summed E-state index contributed by atoms with van der Waals surface area (Å²) in [5, 5.41) is 3.46. The van der Waals surface area contributed by atoms with Gasteiger partial charge < -0.3 is 4.42 Å². The van der Waals surface area contributed by atoms with Gasteiger partial charge in [-0.1, -0.05) is 69.3 Å². The minimum absolute atomic E-state index is 0.284. The first-order chi connectivity index (χ1) is 13.5. The first-order valence-corrected chi connectivity index (χ1v) is 9.77. The van der Waals surface area contributed by atoms with Gasteiger partial charge in [-0.05, 0) is 51.9 Å². The van der Waals surface area contributed by atoms with Gasteiger partial charge in [0.05, 0.1) is 0 Å². The van der Waals surface area contributed by atoms with Crippen LogP contribution in [0, 0.1) is 5.41 Å². The fraction of sp³-hybridized carbons (Fsp3) is 0.192. The summed E-state index contributed by atoms with van der Waals surface area (Å²) >= 11 is 0. The molecule has 138 valence electrons. The molecule has 2 heterocycles. The number of nitrogens with zero attached hydrogens (tertiary/aromatic N) is 1. The topological polar surface area (TPSA) is 26.0 Å². The molecule has 0 fully saturated rings. The summed E-state index contributed by atoms with van der Waals surface area (Å²) in [5.74, 6) is 0. The third-order valence-corrected chi connectivity index (χ3v) is 5.22. The summed E-state index contributed by atoms with van der Waals surface area (Å²) < 4.78 is 6.29. The molecule has 2 nitrogen and oxygen atoms in total. The van der Waals surface area contributed by atoms with Gasteiger partial charge in [0.25, 0.3) is 0 Å². The Morgan fingerprint density at radius 3 is 2.29 bits per heavy atom. The van der Waals surface area contributed by atoms with Crippen LogP contribution in [0.15, 0.2) is 77.3 Å². The van der Waals surface area contributed by atoms with Gasteiger partial charge in [0, 0.05) is 17.1 Å². The lowest BCUT2D eigenvalue weighted by molar-refractivity contribution is 0.411. The van der Waals surface area contributed by atoms with E-state index >= 15 is 0 Å². The molecule has 28 heavy (non-hydrogen) atoms. The van der Waals surface area contributed by atoms with E-state index in [0.29, 0.717) is 0 Å². The molecule has 0 N–H and O–H groups in total. The number of benzene rings is 3. The predicted molar refractivity (Wildman–Crippen MR) is 118 cm³/mol. The zero-order chi connectivity index (χ0) is 19.3. The quantitative estimate of drug-likeness (QED) is 0.326. The highest BCUT2D eigenvalue weighted by atomic mass is 16.3. The molecular formula is C26H23NO. The molecule has 2 aromatic heterocycles. The number of pyridine rings is 1. The Bertz CT molecular complexity index is 1300. The largest absolute Gasteiger partial charge is 0.454 e. The molecule has 0 amide bonds. The summed E-state index contributed by atoms with van der Waals surface area (Å²) in [5.41, 5.74) is 6.57. The summed E-state index contributed by atoms with van der Waals surface area (Å²) in [4.78, 5) is 4.63. The van der Waals surface area contributed by atoms with E-state index in [9.17, 15) is 0 Å². The first-order valence-electron chi connectivity index (χ1n) is 9.77. The fourth-order valence-electron chi connectivity index (χ4n) is 3.98. The predicted octanol–water partition coefficient (Wildman–Crippen LogP) is 7.39. The van der Waals surface area contributed by atoms with Crippen molar-refractivity contribution in [3.8, 4) is 11.1 Å². The zero-order valence-electron chi connectivity index (χ0n) is 16.5. The van der Waals surface area contributed by atoms with Gasteiger partial charge in [0.15, 0.2) is 5.58 Å². The van der Waals surface area contributed by atoms with Gasteiger partial charge in [0.2, 0.25) is 0 Å². The van der Waals surface area contributed by atoms with Crippen molar-refractivity contribution in [1.29, 1.82) is 0 Å². The van der Waals surface area contributed by atoms with Crippen LogP contribution in [-0.2, 0) is 6.42 Å². The van der Waals surface area contributed by atoms with Crippen LogP contribution in [0.5, 0.6) is 0 Å². The Morgan fingerprint density at radius 2 is 1.57 bits per heavy atom. The van der Waals surface area contributed by atoms with E-state index in [1.165, 1.54) is 16.3 Å². The van der Waals surface area contributed by atoms with Crippen molar-refractivity contribution in [2.45, 2.75) is 27.2 Å². The van der Waals surface area contributed by atoms with E-state index in [1.807, 2.05) is 12.3 Å². The minimum atomic E-state index is 0.284. The zero-order valence-corrected chi connectivity index (χ0v) is 16.5. The van der Waals surface area contributed by atoms with E-state index in [2.05, 4.69) is 86.4 Å². The highest BCUT2D eigenvalue weighted by Crippen LogP contribution is 2.36. The van der Waals surface area contributed by atoms with Gasteiger partial charge in [-0.25, -0.2) is 0 Å². The van der Waals surface area contributed by atoms with Crippen LogP contribution in [0.3, 0.4) is 0 Å². The highest BCUT2D eigenvalue weighted by Gasteiger charge is 2.15. The van der Waals surface area contributed by atoms with Gasteiger partial charge in [0.1, 0.15) is 11.1 Å². The van der Waals surface area contributed by atoms with E-state index in [0.717, 1.165) is 39.6 Å². The summed E-state index contributed by atoms with van der Waals surface area (Å²) in [6.45, 7) is 6.81. The molecule has 3 aromatic carbocycles. The van der Waals surface area contributed by atoms with Gasteiger partial charge in [-0.15, -0.1) is 0 Å². The molecule has 2 heteroatoms. The Hall–Kier alpha value is -3.13. The maximum atomic E-state index is 6.29. The Labute approximate surface area is 164 Å². The van der Waals surface area contributed by atoms with Crippen LogP contribution in [0.1, 0.15) is 26.3 Å². The van der Waals surface area contributed by atoms with Crippen molar-refractivity contribution in [3.63, 3.8) is 0 Å². The molecule has 5 rings (SSSR count). The van der Waals surface area contributed by atoms with Crippen LogP contribution >= 0.6 is 0 Å². The summed E-state index contributed by atoms with van der Waals surface area (Å²) in [6.07, 6.45) is 2.95. The van der Waals surface area contributed by atoms with E-state index in [1.54, 1.807) is 0 Å². The minimum Gasteiger partial charge on any atom is -0.454 e. The second-order valence-electron chi connectivity index (χ2n) is 8.77. The smallest absolute Gasteiger partial charge is 0.161 e. The van der Waals surface area contributed by atoms with Crippen LogP contribution < -0.4 is 0 Å². The maximum absolute atomic E-state index is 6.29. The third kappa shape index (κ3) is 2.95. The van der Waals surface area contributed by atoms with Crippen LogP contribution in [0.2, 0.25) is 0 Å². The van der Waals surface area contributed by atoms with Crippen molar-refractivity contribution >= 4 is 32.8 Å². The lowest BCUT2D eigenvalue weighted by atomic mass is 9.87. The number of aromatic nitrogens is 1. The molecule has 0 atom stereocenters. The highest BCUT2D eigenvalue weighted by molar-refractivity contribution is 6.11. The molecule has 0 saturated carbocycles. The number of rotatable bonds is 2. The van der Waals surface area contributed by atoms with E-state index in [-0.39, 0.29) is 5.41 Å². The molecule has 0 aliphatic rings. The van der Waals surface area contributed by atoms with Gasteiger partial charge in [-0.2, -0.15) is 0 Å². The number of fused-ring (bicyclic) bond motifs is 4. The second-order valence-corrected chi connectivity index (χ2v) is 8.77. The third-order valence-electron chi connectivity index (χ3n) is 5.22. The molecule has 5 aromatic rings. The molecule has 0 aliphatic carbocycles. The monoisotopic (exact) mass is 365 g/mol. The van der Waals surface area contributed by atoms with Crippen LogP contribution in [-0.4, -0.2) is 4.98 Å². The Balaban J connectivity index is 1.66. The van der Waals surface area contributed by atoms with E-state index in [4.69, 9.17) is 4.42 Å². The first kappa shape index (κ1) is 17.0. The maximum Gasteiger partial charge on any atom is 0.161 e. The van der Waals surface area contributed by atoms with E-state index < -0.39 is 0 Å². The second kappa shape index (κ2) is 6.20. The van der Waals surface area contributed by atoms with Crippen molar-refractivity contribution in [1.82, 2.24) is 4.98 Å². The van der Waals surface area contributed by atoms with Crippen molar-refractivity contribution in [2.75, 3.05) is 0 Å². The fourth-order valence-corrected chi connectivity index (χ4v) is 3.98. The van der Waals surface area contributed by atoms with Crippen molar-refractivity contribution in [3.05, 3.63) is 78.5 Å². The molecule has 0 unspecified atom stereocenters. The molecule has 0 bridgehead atoms. The summed E-state index contributed by atoms with van der Waals surface area (Å²) in [6, 6.07) is 23.5. The molecule has 0 radical (unpaired) electrons. The molecular weight excluding hydrogens is 342 g/mol. The average molecular weight is 365 g/mol. The van der Waals surface area contributed by atoms with Gasteiger partial charge >= 0.3 is 0 Å². The van der Waals surface area contributed by atoms with Crippen LogP contribution in [0.25, 0.3) is 44.0 Å². The summed E-state index contributed by atoms with van der Waals surface area (Å²) in [7, 11) is 0. The molecule has 0 aliphatic heterocycles. The lowest BCUT2D eigenvalue weighted by Gasteiger charge is -2.18. The lowest BCUT2D eigenvalue weighted by Crippen LogP contribution is -2.08. The van der Waals surface area contributed by atoms with Crippen LogP contribution in [0.4, 0.5) is 0 Å². The SMILES string of the molecule is CC(C)(C)Cc1ccc(-c2ccnc3c2oc2cc4ccccc4cc23)cc1. The van der Waals surface area contributed by atoms with Crippen molar-refractivity contribution in [2.24, 2.45) is 5.41 Å². The number of hydrogen-bond donors (Lipinski definition) is 0. The Kier molecular flexibility index (Phi) is 3.77. The normalized spacial score (nSPS) is 12.2. The standard InChI is InChI=1S/C26H23NO/c1-26(2,3)16-17-8-10-18(11-9-17)21-12-13-27-24-22-14-19-6-4-5-7-20(19)15-23(22)28-25(21)24/h4-15H,16H2,1-3H3. The Morgan fingerprint density at radius 1 is 0.857 bits per heavy atom. The van der Waals surface area contributed by atoms with Crippen molar-refractivity contribution < 1.29 is 4.42 Å². The average Bonchev–Trinajstić information content (AvgIpc) is 3.03. The molecule has 0 spiro atoms. The molecule has 0 saturated heterocycles. The van der Waals surface area contributed by atoms with Gasteiger partial charge in [-0.3, -0.25) is 4.98 Å². The number of furan rings is 1.